The van der Waals surface area contributed by atoms with Gasteiger partial charge < -0.3 is 0 Å². The third-order valence-corrected chi connectivity index (χ3v) is 6.14. The highest BCUT2D eigenvalue weighted by atomic mass is 79.9. The van der Waals surface area contributed by atoms with Crippen LogP contribution in [0.15, 0.2) is 27.6 Å². The van der Waals surface area contributed by atoms with Crippen LogP contribution >= 0.6 is 27.5 Å². The Balaban J connectivity index is 3.11. The lowest BCUT2D eigenvalue weighted by atomic mass is 10.2. The second kappa shape index (κ2) is 7.62. The van der Waals surface area contributed by atoms with E-state index in [1.165, 1.54) is 4.31 Å². The molecule has 0 aromatic heterocycles. The predicted molar refractivity (Wildman–Crippen MR) is 83.0 cm³/mol. The van der Waals surface area contributed by atoms with Crippen LogP contribution < -0.4 is 0 Å². The van der Waals surface area contributed by atoms with Crippen LogP contribution in [0.4, 0.5) is 0 Å². The van der Waals surface area contributed by atoms with E-state index in [-0.39, 0.29) is 0 Å². The van der Waals surface area contributed by atoms with Crippen molar-refractivity contribution in [3.05, 3.63) is 28.2 Å². The number of hydrogen-bond acceptors (Lipinski definition) is 2. The van der Waals surface area contributed by atoms with Crippen molar-refractivity contribution in [3.8, 4) is 0 Å². The molecule has 0 saturated carbocycles. The molecule has 0 heterocycles. The Morgan fingerprint density at radius 3 is 2.47 bits per heavy atom. The van der Waals surface area contributed by atoms with Crippen LogP contribution in [0.2, 0.25) is 0 Å². The number of alkyl halides is 1. The molecule has 19 heavy (non-hydrogen) atoms. The Bertz CT molecular complexity index is 519. The quantitative estimate of drug-likeness (QED) is 0.682. The van der Waals surface area contributed by atoms with Crippen LogP contribution in [0.25, 0.3) is 0 Å². The second-order valence-corrected chi connectivity index (χ2v) is 7.28. The zero-order valence-electron chi connectivity index (χ0n) is 11.2. The van der Waals surface area contributed by atoms with Crippen molar-refractivity contribution in [3.63, 3.8) is 0 Å². The van der Waals surface area contributed by atoms with Crippen LogP contribution in [0.5, 0.6) is 0 Å². The van der Waals surface area contributed by atoms with Crippen LogP contribution in [-0.4, -0.2) is 25.8 Å². The first-order valence-electron chi connectivity index (χ1n) is 6.31. The molecule has 6 heteroatoms. The topological polar surface area (TPSA) is 37.4 Å². The SMILES string of the molecule is CCCCN(CC)S(=O)(=O)c1ccc(CCl)cc1Br. The summed E-state index contributed by atoms with van der Waals surface area (Å²) in [5.41, 5.74) is 0.893. The largest absolute Gasteiger partial charge is 0.244 e. The minimum absolute atomic E-state index is 0.305. The molecule has 108 valence electrons. The van der Waals surface area contributed by atoms with Gasteiger partial charge in [-0.05, 0) is 40.0 Å². The maximum atomic E-state index is 12.6. The van der Waals surface area contributed by atoms with Gasteiger partial charge in [-0.15, -0.1) is 11.6 Å². The zero-order chi connectivity index (χ0) is 14.5. The van der Waals surface area contributed by atoms with Gasteiger partial charge in [-0.2, -0.15) is 4.31 Å². The lowest BCUT2D eigenvalue weighted by Crippen LogP contribution is -2.32. The van der Waals surface area contributed by atoms with Gasteiger partial charge in [-0.3, -0.25) is 0 Å². The van der Waals surface area contributed by atoms with E-state index in [0.717, 1.165) is 18.4 Å². The van der Waals surface area contributed by atoms with E-state index in [1.54, 1.807) is 18.2 Å². The van der Waals surface area contributed by atoms with E-state index in [2.05, 4.69) is 15.9 Å². The molecule has 0 spiro atoms. The number of nitrogens with zero attached hydrogens (tertiary/aromatic N) is 1. The first-order chi connectivity index (χ1) is 8.97. The van der Waals surface area contributed by atoms with Crippen molar-refractivity contribution >= 4 is 37.6 Å². The maximum absolute atomic E-state index is 12.6. The number of halogens is 2. The Morgan fingerprint density at radius 1 is 1.32 bits per heavy atom. The Labute approximate surface area is 129 Å². The summed E-state index contributed by atoms with van der Waals surface area (Å²) in [6.07, 6.45) is 1.84. The summed E-state index contributed by atoms with van der Waals surface area (Å²) in [4.78, 5) is 0.305. The average Bonchev–Trinajstić information content (AvgIpc) is 2.38. The standard InChI is InChI=1S/C13H19BrClNO2S/c1-3-5-8-16(4-2)19(17,18)13-7-6-11(10-15)9-12(13)14/h6-7,9H,3-5,8,10H2,1-2H3. The van der Waals surface area contributed by atoms with Crippen molar-refractivity contribution in [1.82, 2.24) is 4.31 Å². The highest BCUT2D eigenvalue weighted by molar-refractivity contribution is 9.10. The lowest BCUT2D eigenvalue weighted by Gasteiger charge is -2.21. The van der Waals surface area contributed by atoms with Crippen molar-refractivity contribution < 1.29 is 8.42 Å². The van der Waals surface area contributed by atoms with Gasteiger partial charge in [0.25, 0.3) is 0 Å². The normalized spacial score (nSPS) is 12.1. The molecule has 0 amide bonds. The molecule has 0 bridgehead atoms. The molecule has 0 atom stereocenters. The summed E-state index contributed by atoms with van der Waals surface area (Å²) in [6.45, 7) is 4.94. The minimum atomic E-state index is -3.44. The van der Waals surface area contributed by atoms with Crippen molar-refractivity contribution in [2.24, 2.45) is 0 Å². The molecule has 0 saturated heterocycles. The Morgan fingerprint density at radius 2 is 2.00 bits per heavy atom. The van der Waals surface area contributed by atoms with E-state index in [0.29, 0.717) is 28.3 Å². The zero-order valence-corrected chi connectivity index (χ0v) is 14.4. The van der Waals surface area contributed by atoms with Crippen LogP contribution in [0, 0.1) is 0 Å². The fourth-order valence-electron chi connectivity index (χ4n) is 1.76. The van der Waals surface area contributed by atoms with Crippen LogP contribution in [-0.2, 0) is 15.9 Å². The van der Waals surface area contributed by atoms with E-state index >= 15 is 0 Å². The smallest absolute Gasteiger partial charge is 0.207 e. The third-order valence-electron chi connectivity index (χ3n) is 2.88. The number of unbranched alkanes of at least 4 members (excludes halogenated alkanes) is 1. The minimum Gasteiger partial charge on any atom is -0.207 e. The molecule has 0 aliphatic heterocycles. The molecular formula is C13H19BrClNO2S. The molecular weight excluding hydrogens is 350 g/mol. The molecule has 0 fully saturated rings. The van der Waals surface area contributed by atoms with Crippen molar-refractivity contribution in [2.45, 2.75) is 37.5 Å². The third kappa shape index (κ3) is 4.18. The van der Waals surface area contributed by atoms with Crippen molar-refractivity contribution in [1.29, 1.82) is 0 Å². The molecule has 1 aromatic rings. The molecule has 0 unspecified atom stereocenters. The summed E-state index contributed by atoms with van der Waals surface area (Å²) in [5, 5.41) is 0. The van der Waals surface area contributed by atoms with Gasteiger partial charge in [0.05, 0.1) is 4.90 Å². The van der Waals surface area contributed by atoms with Gasteiger partial charge >= 0.3 is 0 Å². The van der Waals surface area contributed by atoms with E-state index in [1.807, 2.05) is 13.8 Å². The van der Waals surface area contributed by atoms with E-state index in [4.69, 9.17) is 11.6 Å². The monoisotopic (exact) mass is 367 g/mol. The Kier molecular flexibility index (Phi) is 6.80. The number of benzene rings is 1. The summed E-state index contributed by atoms with van der Waals surface area (Å²) in [6, 6.07) is 5.12. The highest BCUT2D eigenvalue weighted by Crippen LogP contribution is 2.27. The van der Waals surface area contributed by atoms with Gasteiger partial charge in [0.2, 0.25) is 10.0 Å². The molecule has 0 aliphatic carbocycles. The fourth-order valence-corrected chi connectivity index (χ4v) is 4.50. The van der Waals surface area contributed by atoms with E-state index in [9.17, 15) is 8.42 Å². The van der Waals surface area contributed by atoms with Crippen molar-refractivity contribution in [2.75, 3.05) is 13.1 Å². The number of rotatable bonds is 7. The average molecular weight is 369 g/mol. The number of hydrogen-bond donors (Lipinski definition) is 0. The number of sulfonamides is 1. The van der Waals surface area contributed by atoms with Crippen LogP contribution in [0.1, 0.15) is 32.3 Å². The maximum Gasteiger partial charge on any atom is 0.244 e. The summed E-state index contributed by atoms with van der Waals surface area (Å²) < 4.78 is 27.2. The highest BCUT2D eigenvalue weighted by Gasteiger charge is 2.24. The van der Waals surface area contributed by atoms with Gasteiger partial charge in [0.15, 0.2) is 0 Å². The second-order valence-electron chi connectivity index (χ2n) is 4.25. The summed E-state index contributed by atoms with van der Waals surface area (Å²) in [7, 11) is -3.44. The Hall–Kier alpha value is -0.100. The molecule has 3 nitrogen and oxygen atoms in total. The fraction of sp³-hybridized carbons (Fsp3) is 0.538. The van der Waals surface area contributed by atoms with E-state index < -0.39 is 10.0 Å². The summed E-state index contributed by atoms with van der Waals surface area (Å²) >= 11 is 9.07. The lowest BCUT2D eigenvalue weighted by molar-refractivity contribution is 0.418. The van der Waals surface area contributed by atoms with Gasteiger partial charge in [-0.1, -0.05) is 26.3 Å². The molecule has 0 aliphatic rings. The molecule has 0 radical (unpaired) electrons. The first-order valence-corrected chi connectivity index (χ1v) is 9.08. The molecule has 1 rings (SSSR count). The predicted octanol–water partition coefficient (Wildman–Crippen LogP) is 4.00. The summed E-state index contributed by atoms with van der Waals surface area (Å²) in [5.74, 6) is 0.367. The van der Waals surface area contributed by atoms with Gasteiger partial charge in [0, 0.05) is 23.4 Å². The molecule has 0 N–H and O–H groups in total. The van der Waals surface area contributed by atoms with Crippen LogP contribution in [0.3, 0.4) is 0 Å². The molecule has 1 aromatic carbocycles. The first kappa shape index (κ1) is 17.0. The van der Waals surface area contributed by atoms with Gasteiger partial charge in [0.1, 0.15) is 0 Å². The van der Waals surface area contributed by atoms with Gasteiger partial charge in [-0.25, -0.2) is 8.42 Å².